The Kier molecular flexibility index (Phi) is 4.57. The molecule has 0 bridgehead atoms. The zero-order valence-corrected chi connectivity index (χ0v) is 11.2. The Balaban J connectivity index is 2.82. The van der Waals surface area contributed by atoms with Crippen LogP contribution in [0.4, 0.5) is 0 Å². The van der Waals surface area contributed by atoms with Crippen LogP contribution >= 0.6 is 23.6 Å². The smallest absolute Gasteiger partial charge is 0.320 e. The van der Waals surface area contributed by atoms with Crippen LogP contribution in [0.15, 0.2) is 16.3 Å². The van der Waals surface area contributed by atoms with Gasteiger partial charge < -0.3 is 10.5 Å². The molecule has 1 rings (SSSR count). The van der Waals surface area contributed by atoms with E-state index in [4.69, 9.17) is 18.0 Å². The number of sulfonamides is 1. The molecule has 0 amide bonds. The van der Waals surface area contributed by atoms with Crippen LogP contribution < -0.4 is 10.5 Å². The van der Waals surface area contributed by atoms with Crippen molar-refractivity contribution < 1.29 is 17.9 Å². The third-order valence-electron chi connectivity index (χ3n) is 1.72. The molecule has 0 fully saturated rings. The highest BCUT2D eigenvalue weighted by Gasteiger charge is 2.18. The first kappa shape index (κ1) is 14.0. The number of rotatable bonds is 5. The maximum absolute atomic E-state index is 11.7. The molecule has 0 aliphatic heterocycles. The first-order valence-corrected chi connectivity index (χ1v) is 7.03. The van der Waals surface area contributed by atoms with Gasteiger partial charge >= 0.3 is 5.97 Å². The highest BCUT2D eigenvalue weighted by atomic mass is 32.2. The molecule has 0 spiro atoms. The predicted octanol–water partition coefficient (Wildman–Crippen LogP) is -0.166. The zero-order valence-electron chi connectivity index (χ0n) is 8.80. The molecule has 9 heteroatoms. The van der Waals surface area contributed by atoms with Crippen LogP contribution in [0.2, 0.25) is 0 Å². The summed E-state index contributed by atoms with van der Waals surface area (Å²) >= 11 is 5.66. The Morgan fingerprint density at radius 1 is 1.59 bits per heavy atom. The molecule has 1 aromatic heterocycles. The zero-order chi connectivity index (χ0) is 13.1. The molecule has 0 radical (unpaired) electrons. The number of methoxy groups -OCH3 is 1. The largest absolute Gasteiger partial charge is 0.468 e. The second-order valence-corrected chi connectivity index (χ2v) is 6.40. The van der Waals surface area contributed by atoms with E-state index in [0.717, 1.165) is 11.3 Å². The van der Waals surface area contributed by atoms with Crippen LogP contribution in [0.5, 0.6) is 0 Å². The lowest BCUT2D eigenvalue weighted by Gasteiger charge is -2.02. The average Bonchev–Trinajstić information content (AvgIpc) is 2.76. The van der Waals surface area contributed by atoms with Crippen LogP contribution in [-0.2, 0) is 19.6 Å². The van der Waals surface area contributed by atoms with Crippen molar-refractivity contribution in [3.63, 3.8) is 0 Å². The topological polar surface area (TPSA) is 98.5 Å². The van der Waals surface area contributed by atoms with Crippen LogP contribution in [-0.4, -0.2) is 33.0 Å². The Hall–Kier alpha value is -1.03. The van der Waals surface area contributed by atoms with Gasteiger partial charge in [-0.3, -0.25) is 4.79 Å². The lowest BCUT2D eigenvalue weighted by molar-refractivity contribution is -0.139. The minimum atomic E-state index is -3.73. The minimum Gasteiger partial charge on any atom is -0.468 e. The molecule has 0 saturated heterocycles. The van der Waals surface area contributed by atoms with E-state index in [-0.39, 0.29) is 9.20 Å². The fraction of sp³-hybridized carbons (Fsp3) is 0.250. The number of ether oxygens (including phenoxy) is 1. The van der Waals surface area contributed by atoms with Crippen LogP contribution in [0, 0.1) is 0 Å². The highest BCUT2D eigenvalue weighted by molar-refractivity contribution is 7.91. The number of esters is 1. The van der Waals surface area contributed by atoms with Crippen molar-refractivity contribution >= 4 is 44.5 Å². The Morgan fingerprint density at radius 2 is 2.24 bits per heavy atom. The summed E-state index contributed by atoms with van der Waals surface area (Å²) in [5.74, 6) is -0.667. The van der Waals surface area contributed by atoms with Crippen molar-refractivity contribution in [3.8, 4) is 0 Å². The number of carbonyl (C=O) groups is 1. The van der Waals surface area contributed by atoms with E-state index >= 15 is 0 Å². The molecule has 0 atom stereocenters. The van der Waals surface area contributed by atoms with Crippen molar-refractivity contribution in [2.75, 3.05) is 13.7 Å². The summed E-state index contributed by atoms with van der Waals surface area (Å²) in [6.07, 6.45) is 0. The van der Waals surface area contributed by atoms with Gasteiger partial charge in [-0.1, -0.05) is 12.2 Å². The molecular weight excluding hydrogens is 284 g/mol. The SMILES string of the molecule is COC(=O)CNS(=O)(=O)c1ccc(C(N)=S)s1. The van der Waals surface area contributed by atoms with Crippen molar-refractivity contribution in [3.05, 3.63) is 17.0 Å². The molecule has 0 aliphatic rings. The third-order valence-corrected chi connectivity index (χ3v) is 5.08. The second kappa shape index (κ2) is 5.54. The van der Waals surface area contributed by atoms with Crippen LogP contribution in [0.1, 0.15) is 4.88 Å². The molecule has 6 nitrogen and oxygen atoms in total. The highest BCUT2D eigenvalue weighted by Crippen LogP contribution is 2.21. The van der Waals surface area contributed by atoms with Gasteiger partial charge in [0.15, 0.2) is 0 Å². The lowest BCUT2D eigenvalue weighted by Crippen LogP contribution is -2.29. The van der Waals surface area contributed by atoms with Gasteiger partial charge in [0, 0.05) is 0 Å². The van der Waals surface area contributed by atoms with Crippen molar-refractivity contribution in [1.29, 1.82) is 0 Å². The molecule has 94 valence electrons. The van der Waals surface area contributed by atoms with E-state index in [1.807, 2.05) is 0 Å². The molecule has 0 aromatic carbocycles. The fourth-order valence-electron chi connectivity index (χ4n) is 0.894. The molecule has 0 unspecified atom stereocenters. The second-order valence-electron chi connectivity index (χ2n) is 2.88. The standard InChI is InChI=1S/C8H10N2O4S3/c1-14-6(11)4-10-17(12,13)7-3-2-5(16-7)8(9)15/h2-3,10H,4H2,1H3,(H2,9,15). The number of thiocarbonyl (C=S) groups is 1. The van der Waals surface area contributed by atoms with Gasteiger partial charge in [0.05, 0.1) is 12.0 Å². The number of nitrogens with two attached hydrogens (primary N) is 1. The van der Waals surface area contributed by atoms with E-state index in [0.29, 0.717) is 4.88 Å². The van der Waals surface area contributed by atoms with E-state index in [2.05, 4.69) is 9.46 Å². The van der Waals surface area contributed by atoms with Crippen LogP contribution in [0.25, 0.3) is 0 Å². The maximum Gasteiger partial charge on any atom is 0.320 e. The Labute approximate surface area is 108 Å². The Bertz CT molecular complexity index is 535. The quantitative estimate of drug-likeness (QED) is 0.578. The van der Waals surface area contributed by atoms with Gasteiger partial charge in [-0.25, -0.2) is 8.42 Å². The minimum absolute atomic E-state index is 0.0456. The number of thiophene rings is 1. The molecular formula is C8H10N2O4S3. The molecule has 0 saturated carbocycles. The molecule has 0 aliphatic carbocycles. The van der Waals surface area contributed by atoms with Crippen molar-refractivity contribution in [2.24, 2.45) is 5.73 Å². The normalized spacial score (nSPS) is 11.1. The van der Waals surface area contributed by atoms with Crippen molar-refractivity contribution in [2.45, 2.75) is 4.21 Å². The molecule has 1 heterocycles. The molecule has 17 heavy (non-hydrogen) atoms. The Morgan fingerprint density at radius 3 is 2.71 bits per heavy atom. The number of hydrogen-bond acceptors (Lipinski definition) is 6. The van der Waals surface area contributed by atoms with E-state index < -0.39 is 22.5 Å². The van der Waals surface area contributed by atoms with Gasteiger partial charge in [0.1, 0.15) is 15.7 Å². The van der Waals surface area contributed by atoms with Gasteiger partial charge in [0.25, 0.3) is 10.0 Å². The monoisotopic (exact) mass is 294 g/mol. The van der Waals surface area contributed by atoms with Gasteiger partial charge in [-0.15, -0.1) is 11.3 Å². The summed E-state index contributed by atoms with van der Waals surface area (Å²) < 4.78 is 29.9. The number of nitrogens with one attached hydrogen (secondary N) is 1. The summed E-state index contributed by atoms with van der Waals surface area (Å²) in [7, 11) is -2.55. The summed E-state index contributed by atoms with van der Waals surface area (Å²) in [6.45, 7) is -0.418. The average molecular weight is 294 g/mol. The maximum atomic E-state index is 11.7. The third kappa shape index (κ3) is 3.73. The van der Waals surface area contributed by atoms with Crippen LogP contribution in [0.3, 0.4) is 0 Å². The number of carbonyl (C=O) groups excluding carboxylic acids is 1. The molecule has 1 aromatic rings. The summed E-state index contributed by atoms with van der Waals surface area (Å²) in [6, 6.07) is 2.89. The first-order chi connectivity index (χ1) is 7.86. The summed E-state index contributed by atoms with van der Waals surface area (Å²) in [5.41, 5.74) is 5.37. The van der Waals surface area contributed by atoms with E-state index in [9.17, 15) is 13.2 Å². The predicted molar refractivity (Wildman–Crippen MR) is 67.4 cm³/mol. The fourth-order valence-corrected chi connectivity index (χ4v) is 3.26. The van der Waals surface area contributed by atoms with Gasteiger partial charge in [0.2, 0.25) is 0 Å². The molecule has 3 N–H and O–H groups in total. The number of hydrogen-bond donors (Lipinski definition) is 2. The first-order valence-electron chi connectivity index (χ1n) is 4.33. The van der Waals surface area contributed by atoms with E-state index in [1.165, 1.54) is 19.2 Å². The van der Waals surface area contributed by atoms with E-state index in [1.54, 1.807) is 0 Å². The lowest BCUT2D eigenvalue weighted by atomic mass is 10.5. The van der Waals surface area contributed by atoms with Crippen molar-refractivity contribution in [1.82, 2.24) is 4.72 Å². The van der Waals surface area contributed by atoms with Gasteiger partial charge in [-0.05, 0) is 12.1 Å². The van der Waals surface area contributed by atoms with Gasteiger partial charge in [-0.2, -0.15) is 4.72 Å². The summed E-state index contributed by atoms with van der Waals surface area (Å²) in [4.78, 5) is 11.4. The summed E-state index contributed by atoms with van der Waals surface area (Å²) in [5, 5.41) is 0.